The van der Waals surface area contributed by atoms with E-state index in [0.29, 0.717) is 22.1 Å². The Hall–Kier alpha value is -0.680. The third kappa shape index (κ3) is 3.98. The van der Waals surface area contributed by atoms with Crippen LogP contribution in [-0.2, 0) is 4.79 Å². The number of nitrogens with two attached hydrogens (primary N) is 1. The number of fused-ring (bicyclic) bond motifs is 5. The van der Waals surface area contributed by atoms with Crippen LogP contribution in [0, 0.1) is 40.9 Å². The number of rotatable bonds is 4. The number of Topliss-reactive ketones (excluding diaryl/α,β-unsaturated/α-hetero) is 1. The summed E-state index contributed by atoms with van der Waals surface area (Å²) in [6, 6.07) is 0. The predicted octanol–water partition coefficient (Wildman–Crippen LogP) is 4.84. The summed E-state index contributed by atoms with van der Waals surface area (Å²) in [5, 5.41) is 10.6. The van der Waals surface area contributed by atoms with E-state index in [1.807, 2.05) is 6.92 Å². The molecule has 0 amide bonds. The summed E-state index contributed by atoms with van der Waals surface area (Å²) in [5.74, 6) is 4.29. The third-order valence-electron chi connectivity index (χ3n) is 9.25. The number of ketones is 1. The van der Waals surface area contributed by atoms with Crippen LogP contribution in [0.4, 0.5) is 0 Å². The van der Waals surface area contributed by atoms with Gasteiger partial charge in [0.15, 0.2) is 5.78 Å². The average Bonchev–Trinajstić information content (AvgIpc) is 3.03. The van der Waals surface area contributed by atoms with Gasteiger partial charge in [-0.15, -0.1) is 0 Å². The van der Waals surface area contributed by atoms with Crippen molar-refractivity contribution in [3.63, 3.8) is 0 Å². The van der Waals surface area contributed by atoms with Crippen molar-refractivity contribution in [2.75, 3.05) is 6.54 Å². The van der Waals surface area contributed by atoms with Crippen molar-refractivity contribution < 1.29 is 9.90 Å². The molecule has 4 saturated carbocycles. The van der Waals surface area contributed by atoms with Crippen LogP contribution in [0.2, 0.25) is 0 Å². The van der Waals surface area contributed by atoms with Crippen molar-refractivity contribution in [2.45, 2.75) is 77.2 Å². The van der Waals surface area contributed by atoms with Crippen molar-refractivity contribution in [1.82, 2.24) is 0 Å². The summed E-state index contributed by atoms with van der Waals surface area (Å²) >= 11 is 3.31. The molecule has 0 aliphatic heterocycles. The molecule has 4 aliphatic carbocycles. The molecule has 162 valence electrons. The van der Waals surface area contributed by atoms with Gasteiger partial charge in [-0.1, -0.05) is 6.92 Å². The highest BCUT2D eigenvalue weighted by atomic mass is 79.9. The number of aliphatic hydroxyl groups is 1. The molecule has 4 aliphatic rings. The van der Waals surface area contributed by atoms with Crippen LogP contribution >= 0.6 is 15.9 Å². The van der Waals surface area contributed by atoms with E-state index in [4.69, 9.17) is 5.73 Å². The van der Waals surface area contributed by atoms with E-state index < -0.39 is 5.60 Å². The first kappa shape index (κ1) is 21.5. The number of aliphatic imine (C=N–C) groups is 1. The van der Waals surface area contributed by atoms with Crippen LogP contribution in [-0.4, -0.2) is 29.3 Å². The van der Waals surface area contributed by atoms with E-state index in [2.05, 4.69) is 27.8 Å². The molecule has 0 aromatic heterocycles. The zero-order valence-corrected chi connectivity index (χ0v) is 19.5. The van der Waals surface area contributed by atoms with E-state index in [1.165, 1.54) is 44.7 Å². The molecule has 0 aromatic carbocycles. The zero-order chi connectivity index (χ0) is 20.8. The number of hydrogen-bond acceptors (Lipinski definition) is 4. The summed E-state index contributed by atoms with van der Waals surface area (Å²) in [7, 11) is 0. The quantitative estimate of drug-likeness (QED) is 0.584. The van der Waals surface area contributed by atoms with Gasteiger partial charge < -0.3 is 10.8 Å². The van der Waals surface area contributed by atoms with E-state index in [-0.39, 0.29) is 17.9 Å². The van der Waals surface area contributed by atoms with Gasteiger partial charge in [-0.05, 0) is 116 Å². The van der Waals surface area contributed by atoms with Crippen molar-refractivity contribution in [3.05, 3.63) is 10.7 Å². The lowest BCUT2D eigenvalue weighted by Crippen LogP contribution is -2.51. The molecule has 1 unspecified atom stereocenters. The van der Waals surface area contributed by atoms with Gasteiger partial charge in [0, 0.05) is 18.3 Å². The van der Waals surface area contributed by atoms with Crippen LogP contribution in [0.15, 0.2) is 15.7 Å². The molecule has 0 bridgehead atoms. The molecule has 0 radical (unpaired) electrons. The normalized spacial score (nSPS) is 47.5. The first-order valence-corrected chi connectivity index (χ1v) is 12.4. The molecular formula is C24H37BrN2O2. The van der Waals surface area contributed by atoms with Gasteiger partial charge in [-0.25, -0.2) is 0 Å². The minimum Gasteiger partial charge on any atom is -0.404 e. The van der Waals surface area contributed by atoms with E-state index in [9.17, 15) is 9.90 Å². The second-order valence-corrected chi connectivity index (χ2v) is 11.8. The largest absolute Gasteiger partial charge is 0.404 e. The Labute approximate surface area is 183 Å². The van der Waals surface area contributed by atoms with Gasteiger partial charge in [0.25, 0.3) is 0 Å². The van der Waals surface area contributed by atoms with Crippen molar-refractivity contribution in [3.8, 4) is 0 Å². The van der Waals surface area contributed by atoms with Crippen molar-refractivity contribution in [1.29, 1.82) is 0 Å². The van der Waals surface area contributed by atoms with Crippen LogP contribution in [0.25, 0.3) is 0 Å². The van der Waals surface area contributed by atoms with Gasteiger partial charge in [0.05, 0.1) is 16.6 Å². The average molecular weight is 465 g/mol. The Morgan fingerprint density at radius 2 is 1.86 bits per heavy atom. The number of allylic oxidation sites excluding steroid dienone is 1. The summed E-state index contributed by atoms with van der Waals surface area (Å²) in [5.41, 5.74) is 5.15. The van der Waals surface area contributed by atoms with Gasteiger partial charge in [-0.2, -0.15) is 0 Å². The molecule has 4 rings (SSSR count). The second kappa shape index (κ2) is 8.11. The zero-order valence-electron chi connectivity index (χ0n) is 17.9. The molecule has 5 heteroatoms. The Bertz CT molecular complexity index is 703. The highest BCUT2D eigenvalue weighted by Gasteiger charge is 2.58. The molecule has 8 atom stereocenters. The van der Waals surface area contributed by atoms with Crippen molar-refractivity contribution in [2.24, 2.45) is 51.6 Å². The lowest BCUT2D eigenvalue weighted by atomic mass is 9.49. The number of hydrogen-bond donors (Lipinski definition) is 2. The highest BCUT2D eigenvalue weighted by molar-refractivity contribution is 9.12. The summed E-state index contributed by atoms with van der Waals surface area (Å²) in [6.07, 6.45) is 13.5. The molecule has 0 saturated heterocycles. The summed E-state index contributed by atoms with van der Waals surface area (Å²) in [6.45, 7) is 4.70. The summed E-state index contributed by atoms with van der Waals surface area (Å²) < 4.78 is 0.713. The van der Waals surface area contributed by atoms with Crippen LogP contribution in [0.1, 0.15) is 71.6 Å². The fraction of sp³-hybridized carbons (Fsp3) is 0.833. The first-order chi connectivity index (χ1) is 13.7. The number of carbonyl (C=O) groups is 1. The van der Waals surface area contributed by atoms with E-state index in [1.54, 1.807) is 6.21 Å². The molecule has 4 fully saturated rings. The fourth-order valence-electron chi connectivity index (χ4n) is 7.99. The topological polar surface area (TPSA) is 75.7 Å². The number of carbonyl (C=O) groups excluding carboxylic acids is 1. The van der Waals surface area contributed by atoms with Gasteiger partial charge in [0.2, 0.25) is 0 Å². The van der Waals surface area contributed by atoms with Crippen LogP contribution < -0.4 is 5.73 Å². The molecule has 0 heterocycles. The van der Waals surface area contributed by atoms with Crippen LogP contribution in [0.5, 0.6) is 0 Å². The molecule has 29 heavy (non-hydrogen) atoms. The Morgan fingerprint density at radius 3 is 2.62 bits per heavy atom. The van der Waals surface area contributed by atoms with Gasteiger partial charge >= 0.3 is 0 Å². The van der Waals surface area contributed by atoms with E-state index in [0.717, 1.165) is 37.0 Å². The molecular weight excluding hydrogens is 428 g/mol. The highest BCUT2D eigenvalue weighted by Crippen LogP contribution is 2.64. The maximum absolute atomic E-state index is 13.0. The van der Waals surface area contributed by atoms with Crippen LogP contribution in [0.3, 0.4) is 0 Å². The smallest absolute Gasteiger partial charge is 0.157 e. The first-order valence-electron chi connectivity index (χ1n) is 11.6. The predicted molar refractivity (Wildman–Crippen MR) is 121 cm³/mol. The van der Waals surface area contributed by atoms with E-state index >= 15 is 0 Å². The van der Waals surface area contributed by atoms with Gasteiger partial charge in [-0.3, -0.25) is 9.79 Å². The lowest BCUT2D eigenvalue weighted by Gasteiger charge is -2.56. The number of nitrogens with zero attached hydrogens (tertiary/aromatic N) is 1. The maximum Gasteiger partial charge on any atom is 0.157 e. The standard InChI is InChI=1S/C24H37BrN2O2/c1-23(29)9-7-17-15(11-23)3-4-19-18(17)8-10-24(2)20(19)5-6-21(24)22(28)14-27-13-16(25)12-26/h12-13,15,17-21,29H,3-11,14,26H2,1-2H3/t15?,17-,18+,19+,20-,21+,23+,24-/m0/s1. The number of halogens is 1. The molecule has 4 nitrogen and oxygen atoms in total. The Kier molecular flexibility index (Phi) is 6.02. The molecule has 3 N–H and O–H groups in total. The molecule has 0 spiro atoms. The Morgan fingerprint density at radius 1 is 1.10 bits per heavy atom. The monoisotopic (exact) mass is 464 g/mol. The Balaban J connectivity index is 1.45. The summed E-state index contributed by atoms with van der Waals surface area (Å²) in [4.78, 5) is 17.3. The SMILES string of the molecule is C[C@@]1(O)CC[C@H]2C(CC[C@@H]3[C@@H]2CC[C@]2(C)[C@@H](C(=O)CN=CC(Br)=CN)CC[C@@H]32)C1. The lowest BCUT2D eigenvalue weighted by molar-refractivity contribution is -0.131. The minimum atomic E-state index is -0.448. The molecule has 0 aromatic rings. The second-order valence-electron chi connectivity index (χ2n) is 10.8. The van der Waals surface area contributed by atoms with Gasteiger partial charge in [0.1, 0.15) is 0 Å². The van der Waals surface area contributed by atoms with Crippen molar-refractivity contribution >= 4 is 27.9 Å². The fourth-order valence-corrected chi connectivity index (χ4v) is 8.13. The third-order valence-corrected chi connectivity index (χ3v) is 9.72. The maximum atomic E-state index is 13.0. The minimum absolute atomic E-state index is 0.154.